The summed E-state index contributed by atoms with van der Waals surface area (Å²) < 4.78 is 42.8. The summed E-state index contributed by atoms with van der Waals surface area (Å²) in [6.07, 6.45) is 1.45. The van der Waals surface area contributed by atoms with Gasteiger partial charge in [-0.25, -0.2) is 8.42 Å². The van der Waals surface area contributed by atoms with E-state index in [1.165, 1.54) is 36.9 Å². The number of nitrogens with zero attached hydrogens (tertiary/aromatic N) is 2. The molecule has 2 heterocycles. The van der Waals surface area contributed by atoms with Crippen LogP contribution in [0.1, 0.15) is 10.6 Å². The number of sulfonamides is 1. The minimum atomic E-state index is -3.62. The lowest BCUT2D eigenvalue weighted by Crippen LogP contribution is -2.50. The highest BCUT2D eigenvalue weighted by atomic mass is 32.2. The SMILES string of the molecule is COc1ccc(S(=O)(=O)N2CCN(CCNC(=O)c3ccco3)CC2)cc1OC. The number of hydrogen-bond acceptors (Lipinski definition) is 7. The molecule has 2 aromatic rings. The molecule has 3 rings (SSSR count). The molecule has 0 saturated carbocycles. The Morgan fingerprint density at radius 1 is 1.10 bits per heavy atom. The maximum absolute atomic E-state index is 12.9. The van der Waals surface area contributed by atoms with Crippen molar-refractivity contribution in [2.24, 2.45) is 0 Å². The molecule has 0 spiro atoms. The molecule has 0 radical (unpaired) electrons. The van der Waals surface area contributed by atoms with Gasteiger partial charge in [0.15, 0.2) is 17.3 Å². The molecule has 10 heteroatoms. The summed E-state index contributed by atoms with van der Waals surface area (Å²) in [5, 5.41) is 2.79. The summed E-state index contributed by atoms with van der Waals surface area (Å²) in [6, 6.07) is 7.85. The molecule has 1 saturated heterocycles. The predicted octanol–water partition coefficient (Wildman–Crippen LogP) is 1.03. The number of ether oxygens (including phenoxy) is 2. The summed E-state index contributed by atoms with van der Waals surface area (Å²) in [5.41, 5.74) is 0. The highest BCUT2D eigenvalue weighted by Gasteiger charge is 2.29. The van der Waals surface area contributed by atoms with Gasteiger partial charge in [0.2, 0.25) is 10.0 Å². The Morgan fingerprint density at radius 3 is 2.45 bits per heavy atom. The fourth-order valence-corrected chi connectivity index (χ4v) is 4.58. The number of rotatable bonds is 8. The Labute approximate surface area is 170 Å². The van der Waals surface area contributed by atoms with Crippen LogP contribution in [0.3, 0.4) is 0 Å². The van der Waals surface area contributed by atoms with Crippen molar-refractivity contribution in [3.05, 3.63) is 42.4 Å². The fourth-order valence-electron chi connectivity index (χ4n) is 3.14. The van der Waals surface area contributed by atoms with Crippen molar-refractivity contribution in [2.75, 3.05) is 53.5 Å². The van der Waals surface area contributed by atoms with Gasteiger partial charge in [-0.1, -0.05) is 0 Å². The van der Waals surface area contributed by atoms with Crippen molar-refractivity contribution in [1.82, 2.24) is 14.5 Å². The Kier molecular flexibility index (Phi) is 6.78. The van der Waals surface area contributed by atoms with Crippen LogP contribution in [0.2, 0.25) is 0 Å². The highest BCUT2D eigenvalue weighted by molar-refractivity contribution is 7.89. The number of nitrogens with one attached hydrogen (secondary N) is 1. The minimum Gasteiger partial charge on any atom is -0.493 e. The number of carbonyl (C=O) groups excluding carboxylic acids is 1. The van der Waals surface area contributed by atoms with E-state index in [1.54, 1.807) is 18.2 Å². The van der Waals surface area contributed by atoms with Crippen LogP contribution in [0.15, 0.2) is 45.9 Å². The molecular formula is C19H25N3O6S. The monoisotopic (exact) mass is 423 g/mol. The molecule has 1 aliphatic rings. The molecule has 9 nitrogen and oxygen atoms in total. The molecule has 1 fully saturated rings. The quantitative estimate of drug-likeness (QED) is 0.677. The average molecular weight is 423 g/mol. The van der Waals surface area contributed by atoms with Gasteiger partial charge in [0.25, 0.3) is 5.91 Å². The van der Waals surface area contributed by atoms with Crippen molar-refractivity contribution >= 4 is 15.9 Å². The van der Waals surface area contributed by atoms with Gasteiger partial charge in [0, 0.05) is 45.3 Å². The van der Waals surface area contributed by atoms with E-state index in [4.69, 9.17) is 13.9 Å². The van der Waals surface area contributed by atoms with E-state index >= 15 is 0 Å². The third kappa shape index (κ3) is 4.89. The Morgan fingerprint density at radius 2 is 1.83 bits per heavy atom. The topological polar surface area (TPSA) is 101 Å². The highest BCUT2D eigenvalue weighted by Crippen LogP contribution is 2.30. The Balaban J connectivity index is 1.52. The van der Waals surface area contributed by atoms with Gasteiger partial charge >= 0.3 is 0 Å². The first kappa shape index (κ1) is 21.2. The molecule has 1 aromatic heterocycles. The summed E-state index contributed by atoms with van der Waals surface area (Å²) in [4.78, 5) is 14.1. The van der Waals surface area contributed by atoms with Crippen LogP contribution in [0, 0.1) is 0 Å². The standard InChI is InChI=1S/C19H25N3O6S/c1-26-16-6-5-15(14-18(16)27-2)29(24,25)22-11-9-21(10-12-22)8-7-20-19(23)17-4-3-13-28-17/h3-6,13-14H,7-12H2,1-2H3,(H,20,23). The van der Waals surface area contributed by atoms with Gasteiger partial charge in [-0.15, -0.1) is 0 Å². The lowest BCUT2D eigenvalue weighted by Gasteiger charge is -2.34. The number of carbonyl (C=O) groups is 1. The van der Waals surface area contributed by atoms with Gasteiger partial charge in [0.1, 0.15) is 0 Å². The van der Waals surface area contributed by atoms with Crippen LogP contribution in [0.5, 0.6) is 11.5 Å². The molecule has 1 aromatic carbocycles. The maximum Gasteiger partial charge on any atom is 0.287 e. The zero-order valence-corrected chi connectivity index (χ0v) is 17.3. The molecule has 1 amide bonds. The predicted molar refractivity (Wildman–Crippen MR) is 106 cm³/mol. The van der Waals surface area contributed by atoms with E-state index in [2.05, 4.69) is 10.2 Å². The van der Waals surface area contributed by atoms with Crippen LogP contribution < -0.4 is 14.8 Å². The number of furan rings is 1. The lowest BCUT2D eigenvalue weighted by atomic mass is 10.3. The van der Waals surface area contributed by atoms with Crippen LogP contribution in [0.4, 0.5) is 0 Å². The Bertz CT molecular complexity index is 921. The third-order valence-corrected chi connectivity index (χ3v) is 6.68. The molecule has 0 aliphatic carbocycles. The Hall–Kier alpha value is -2.56. The molecule has 0 bridgehead atoms. The molecular weight excluding hydrogens is 398 g/mol. The van der Waals surface area contributed by atoms with Crippen molar-refractivity contribution in [2.45, 2.75) is 4.90 Å². The van der Waals surface area contributed by atoms with E-state index in [9.17, 15) is 13.2 Å². The first-order valence-corrected chi connectivity index (χ1v) is 10.7. The number of piperazine rings is 1. The zero-order valence-electron chi connectivity index (χ0n) is 16.5. The summed E-state index contributed by atoms with van der Waals surface area (Å²) in [5.74, 6) is 0.868. The van der Waals surface area contributed by atoms with Gasteiger partial charge < -0.3 is 19.2 Å². The van der Waals surface area contributed by atoms with Crippen molar-refractivity contribution < 1.29 is 27.1 Å². The van der Waals surface area contributed by atoms with E-state index in [0.29, 0.717) is 50.8 Å². The van der Waals surface area contributed by atoms with Gasteiger partial charge in [-0.3, -0.25) is 9.69 Å². The first-order chi connectivity index (χ1) is 14.0. The number of hydrogen-bond donors (Lipinski definition) is 1. The molecule has 29 heavy (non-hydrogen) atoms. The molecule has 1 N–H and O–H groups in total. The van der Waals surface area contributed by atoms with Gasteiger partial charge in [-0.05, 0) is 24.3 Å². The normalized spacial score (nSPS) is 15.8. The van der Waals surface area contributed by atoms with E-state index < -0.39 is 10.0 Å². The summed E-state index contributed by atoms with van der Waals surface area (Å²) in [7, 11) is -0.645. The van der Waals surface area contributed by atoms with E-state index in [-0.39, 0.29) is 16.6 Å². The number of methoxy groups -OCH3 is 2. The molecule has 0 atom stereocenters. The smallest absolute Gasteiger partial charge is 0.287 e. The van der Waals surface area contributed by atoms with Gasteiger partial charge in [0.05, 0.1) is 25.4 Å². The lowest BCUT2D eigenvalue weighted by molar-refractivity contribution is 0.0917. The fraction of sp³-hybridized carbons (Fsp3) is 0.421. The summed E-state index contributed by atoms with van der Waals surface area (Å²) >= 11 is 0. The van der Waals surface area contributed by atoms with Crippen LogP contribution in [-0.4, -0.2) is 77.0 Å². The van der Waals surface area contributed by atoms with Crippen LogP contribution >= 0.6 is 0 Å². The summed E-state index contributed by atoms with van der Waals surface area (Å²) in [6.45, 7) is 3.02. The number of benzene rings is 1. The zero-order chi connectivity index (χ0) is 20.9. The van der Waals surface area contributed by atoms with Crippen LogP contribution in [-0.2, 0) is 10.0 Å². The van der Waals surface area contributed by atoms with Crippen molar-refractivity contribution in [3.63, 3.8) is 0 Å². The first-order valence-electron chi connectivity index (χ1n) is 9.22. The number of amides is 1. The van der Waals surface area contributed by atoms with Gasteiger partial charge in [-0.2, -0.15) is 4.31 Å². The van der Waals surface area contributed by atoms with E-state index in [1.807, 2.05) is 0 Å². The third-order valence-electron chi connectivity index (χ3n) is 4.78. The molecule has 0 unspecified atom stereocenters. The average Bonchev–Trinajstić information content (AvgIpc) is 3.28. The molecule has 158 valence electrons. The minimum absolute atomic E-state index is 0.175. The second-order valence-corrected chi connectivity index (χ2v) is 8.43. The largest absolute Gasteiger partial charge is 0.493 e. The van der Waals surface area contributed by atoms with Crippen molar-refractivity contribution in [1.29, 1.82) is 0 Å². The van der Waals surface area contributed by atoms with E-state index in [0.717, 1.165) is 0 Å². The van der Waals surface area contributed by atoms with Crippen molar-refractivity contribution in [3.8, 4) is 11.5 Å². The van der Waals surface area contributed by atoms with Crippen LogP contribution in [0.25, 0.3) is 0 Å². The maximum atomic E-state index is 12.9. The molecule has 1 aliphatic heterocycles. The second kappa shape index (κ2) is 9.29. The second-order valence-electron chi connectivity index (χ2n) is 6.50.